The zero-order valence-corrected chi connectivity index (χ0v) is 53.1. The first kappa shape index (κ1) is 76.6. The lowest BCUT2D eigenvalue weighted by Crippen LogP contribution is -2.30. The van der Waals surface area contributed by atoms with E-state index in [1.165, 1.54) is 231 Å². The molecule has 1 atom stereocenters. The summed E-state index contributed by atoms with van der Waals surface area (Å²) in [4.78, 5) is 38.2. The predicted octanol–water partition coefficient (Wildman–Crippen LogP) is 23.8. The van der Waals surface area contributed by atoms with Gasteiger partial charge in [-0.3, -0.25) is 14.4 Å². The minimum absolute atomic E-state index is 0.100. The van der Waals surface area contributed by atoms with Crippen LogP contribution in [0.5, 0.6) is 0 Å². The van der Waals surface area contributed by atoms with Crippen molar-refractivity contribution in [2.24, 2.45) is 0 Å². The molecule has 1 unspecified atom stereocenters. The van der Waals surface area contributed by atoms with Gasteiger partial charge in [0.2, 0.25) is 0 Å². The van der Waals surface area contributed by atoms with Crippen LogP contribution in [0.1, 0.15) is 348 Å². The average molecular weight is 1120 g/mol. The number of carbonyl (C=O) groups is 3. The van der Waals surface area contributed by atoms with Crippen LogP contribution in [0.15, 0.2) is 85.1 Å². The van der Waals surface area contributed by atoms with Crippen molar-refractivity contribution < 1.29 is 28.6 Å². The maximum Gasteiger partial charge on any atom is 0.310 e. The van der Waals surface area contributed by atoms with Gasteiger partial charge in [-0.05, 0) is 77.0 Å². The molecule has 6 heteroatoms. The molecule has 462 valence electrons. The molecule has 6 nitrogen and oxygen atoms in total. The van der Waals surface area contributed by atoms with Crippen LogP contribution in [0.2, 0.25) is 0 Å². The number of hydrogen-bond acceptors (Lipinski definition) is 6. The highest BCUT2D eigenvalue weighted by molar-refractivity contribution is 5.72. The van der Waals surface area contributed by atoms with Crippen molar-refractivity contribution in [1.29, 1.82) is 0 Å². The Hall–Kier alpha value is -3.41. The van der Waals surface area contributed by atoms with Crippen molar-refractivity contribution in [3.63, 3.8) is 0 Å². The highest BCUT2D eigenvalue weighted by atomic mass is 16.6. The predicted molar refractivity (Wildman–Crippen MR) is 348 cm³/mol. The normalized spacial score (nSPS) is 12.6. The van der Waals surface area contributed by atoms with E-state index in [9.17, 15) is 14.4 Å². The van der Waals surface area contributed by atoms with Gasteiger partial charge in [0, 0.05) is 12.8 Å². The van der Waals surface area contributed by atoms with E-state index in [2.05, 4.69) is 93.7 Å². The molecule has 0 saturated heterocycles. The third kappa shape index (κ3) is 65.4. The van der Waals surface area contributed by atoms with Crippen molar-refractivity contribution in [1.82, 2.24) is 0 Å². The van der Waals surface area contributed by atoms with Gasteiger partial charge in [-0.25, -0.2) is 0 Å². The Morgan fingerprint density at radius 1 is 0.275 bits per heavy atom. The molecule has 0 aromatic carbocycles. The third-order valence-electron chi connectivity index (χ3n) is 15.2. The van der Waals surface area contributed by atoms with Gasteiger partial charge in [-0.2, -0.15) is 0 Å². The molecule has 0 saturated carbocycles. The van der Waals surface area contributed by atoms with E-state index in [1.807, 2.05) is 6.08 Å². The first-order chi connectivity index (χ1) is 39.5. The Bertz CT molecular complexity index is 1520. The topological polar surface area (TPSA) is 78.9 Å². The molecule has 80 heavy (non-hydrogen) atoms. The summed E-state index contributed by atoms with van der Waals surface area (Å²) in [6, 6.07) is 0. The van der Waals surface area contributed by atoms with E-state index >= 15 is 0 Å². The summed E-state index contributed by atoms with van der Waals surface area (Å²) in [7, 11) is 0. The number of allylic oxidation sites excluding steroid dienone is 13. The van der Waals surface area contributed by atoms with E-state index in [-0.39, 0.29) is 31.6 Å². The summed E-state index contributed by atoms with van der Waals surface area (Å²) in [6.07, 6.45) is 90.8. The lowest BCUT2D eigenvalue weighted by atomic mass is 10.0. The lowest BCUT2D eigenvalue weighted by molar-refractivity contribution is -0.166. The second-order valence-corrected chi connectivity index (χ2v) is 23.1. The second kappa shape index (κ2) is 68.1. The Labute approximate surface area is 496 Å². The van der Waals surface area contributed by atoms with Crippen molar-refractivity contribution in [3.8, 4) is 0 Å². The van der Waals surface area contributed by atoms with E-state index in [0.29, 0.717) is 12.8 Å². The molecule has 0 heterocycles. The highest BCUT2D eigenvalue weighted by Crippen LogP contribution is 2.18. The molecule has 0 amide bonds. The number of esters is 3. The van der Waals surface area contributed by atoms with Gasteiger partial charge in [0.15, 0.2) is 6.10 Å². The molecule has 0 fully saturated rings. The minimum atomic E-state index is -0.829. The summed E-state index contributed by atoms with van der Waals surface area (Å²) in [5, 5.41) is 0. The maximum absolute atomic E-state index is 12.8. The molecular formula is C74H130O6. The molecule has 0 spiro atoms. The molecule has 0 rings (SSSR count). The van der Waals surface area contributed by atoms with Gasteiger partial charge in [0.05, 0.1) is 6.42 Å². The Balaban J connectivity index is 4.17. The van der Waals surface area contributed by atoms with Gasteiger partial charge in [-0.1, -0.05) is 337 Å². The molecular weight excluding hydrogens is 985 g/mol. The van der Waals surface area contributed by atoms with Gasteiger partial charge in [-0.15, -0.1) is 0 Å². The monoisotopic (exact) mass is 1110 g/mol. The molecule has 0 aliphatic carbocycles. The van der Waals surface area contributed by atoms with Crippen LogP contribution < -0.4 is 0 Å². The average Bonchev–Trinajstić information content (AvgIpc) is 3.46. The van der Waals surface area contributed by atoms with Crippen LogP contribution in [-0.4, -0.2) is 37.2 Å². The minimum Gasteiger partial charge on any atom is -0.462 e. The van der Waals surface area contributed by atoms with Crippen LogP contribution in [0.25, 0.3) is 0 Å². The fourth-order valence-electron chi connectivity index (χ4n) is 10.0. The van der Waals surface area contributed by atoms with Crippen molar-refractivity contribution in [3.05, 3.63) is 85.1 Å². The summed E-state index contributed by atoms with van der Waals surface area (Å²) in [5.74, 6) is -1.02. The first-order valence-corrected chi connectivity index (χ1v) is 34.6. The van der Waals surface area contributed by atoms with Gasteiger partial charge >= 0.3 is 17.9 Å². The van der Waals surface area contributed by atoms with Crippen LogP contribution in [-0.2, 0) is 28.6 Å². The Morgan fingerprint density at radius 2 is 0.525 bits per heavy atom. The Kier molecular flexibility index (Phi) is 65.2. The van der Waals surface area contributed by atoms with E-state index in [4.69, 9.17) is 14.2 Å². The second-order valence-electron chi connectivity index (χ2n) is 23.1. The van der Waals surface area contributed by atoms with Gasteiger partial charge < -0.3 is 14.2 Å². The number of carbonyl (C=O) groups excluding carboxylic acids is 3. The summed E-state index contributed by atoms with van der Waals surface area (Å²) >= 11 is 0. The molecule has 0 bridgehead atoms. The first-order valence-electron chi connectivity index (χ1n) is 34.6. The zero-order chi connectivity index (χ0) is 57.8. The third-order valence-corrected chi connectivity index (χ3v) is 15.2. The van der Waals surface area contributed by atoms with Crippen LogP contribution in [0.3, 0.4) is 0 Å². The largest absolute Gasteiger partial charge is 0.462 e. The standard InChI is InChI=1S/C74H130O6/c1-4-7-10-13-16-19-22-25-28-29-30-31-32-33-34-35-36-37-38-39-40-41-42-43-44-45-47-49-52-55-58-61-64-67-73(76)79-70-71(69-78-72(75)66-63-60-57-54-51-48-27-24-21-18-15-12-9-6-3)80-74(77)68-65-62-59-56-53-50-46-26-23-20-17-14-11-8-5-2/h8,11,17,20,22,25-26,29-30,46,53,56,62,65,71H,4-7,9-10,12-16,18-19,21,23-24,27-28,31-45,47-52,54-55,57-61,63-64,66-70H2,1-3H3/b11-8-,20-17-,25-22-,30-29-,46-26-,56-53-,65-62-. The van der Waals surface area contributed by atoms with Crippen LogP contribution >= 0.6 is 0 Å². The summed E-state index contributed by atoms with van der Waals surface area (Å²) in [6.45, 7) is 6.47. The molecule has 0 aliphatic heterocycles. The number of hydrogen-bond donors (Lipinski definition) is 0. The molecule has 0 aromatic heterocycles. The SMILES string of the molecule is CC/C=C\C/C=C\C/C=C\C/C=C\C/C=C\CC(=O)OC(COC(=O)CCCCCCCCCCCCCCCC)COC(=O)CCCCCCCCCCCCCCCCCCCCCCC/C=C\C/C=C\CCCCCCC. The van der Waals surface area contributed by atoms with Gasteiger partial charge in [0.1, 0.15) is 13.2 Å². The Morgan fingerprint density at radius 3 is 0.825 bits per heavy atom. The summed E-state index contributed by atoms with van der Waals surface area (Å²) < 4.78 is 16.8. The van der Waals surface area contributed by atoms with Crippen LogP contribution in [0.4, 0.5) is 0 Å². The molecule has 0 radical (unpaired) electrons. The number of rotatable bonds is 63. The van der Waals surface area contributed by atoms with E-state index in [0.717, 1.165) is 77.0 Å². The molecule has 0 aliphatic rings. The molecule has 0 N–H and O–H groups in total. The zero-order valence-electron chi connectivity index (χ0n) is 53.1. The van der Waals surface area contributed by atoms with Crippen molar-refractivity contribution >= 4 is 17.9 Å². The van der Waals surface area contributed by atoms with Crippen molar-refractivity contribution in [2.45, 2.75) is 354 Å². The maximum atomic E-state index is 12.8. The summed E-state index contributed by atoms with van der Waals surface area (Å²) in [5.41, 5.74) is 0. The van der Waals surface area contributed by atoms with Gasteiger partial charge in [0.25, 0.3) is 0 Å². The fourth-order valence-corrected chi connectivity index (χ4v) is 10.0. The fraction of sp³-hybridized carbons (Fsp3) is 0.770. The van der Waals surface area contributed by atoms with Crippen LogP contribution in [0, 0.1) is 0 Å². The smallest absolute Gasteiger partial charge is 0.310 e. The molecule has 0 aromatic rings. The van der Waals surface area contributed by atoms with E-state index in [1.54, 1.807) is 6.08 Å². The quantitative estimate of drug-likeness (QED) is 0.0261. The highest BCUT2D eigenvalue weighted by Gasteiger charge is 2.19. The van der Waals surface area contributed by atoms with E-state index < -0.39 is 12.1 Å². The lowest BCUT2D eigenvalue weighted by Gasteiger charge is -2.18. The number of unbranched alkanes of at least 4 members (excludes halogenated alkanes) is 39. The van der Waals surface area contributed by atoms with Crippen molar-refractivity contribution in [2.75, 3.05) is 13.2 Å². The number of ether oxygens (including phenoxy) is 3.